The molecule has 1 heterocycles. The second-order valence-corrected chi connectivity index (χ2v) is 4.63. The maximum atomic E-state index is 11.9. The molecule has 0 aliphatic carbocycles. The number of hydrogen-bond acceptors (Lipinski definition) is 4. The lowest BCUT2D eigenvalue weighted by molar-refractivity contribution is 0.0953. The van der Waals surface area contributed by atoms with Crippen molar-refractivity contribution >= 4 is 17.0 Å². The fourth-order valence-corrected chi connectivity index (χ4v) is 2.04. The number of nitrogens with one attached hydrogen (secondary N) is 1. The molecule has 0 aliphatic heterocycles. The van der Waals surface area contributed by atoms with Gasteiger partial charge in [-0.1, -0.05) is 18.2 Å². The molecule has 21 heavy (non-hydrogen) atoms. The number of nitrogens with zero attached hydrogens (tertiary/aromatic N) is 1. The zero-order chi connectivity index (χ0) is 14.7. The zero-order valence-electron chi connectivity index (χ0n) is 11.2. The summed E-state index contributed by atoms with van der Waals surface area (Å²) >= 11 is 0. The topological polar surface area (TPSA) is 75.4 Å². The van der Waals surface area contributed by atoms with E-state index in [0.29, 0.717) is 35.5 Å². The van der Waals surface area contributed by atoms with Crippen molar-refractivity contribution in [3.63, 3.8) is 0 Å². The molecule has 0 radical (unpaired) electrons. The highest BCUT2D eigenvalue weighted by atomic mass is 16.3. The lowest BCUT2D eigenvalue weighted by Gasteiger charge is -2.02. The van der Waals surface area contributed by atoms with Gasteiger partial charge in [0.05, 0.1) is 0 Å². The monoisotopic (exact) mass is 282 g/mol. The Balaban J connectivity index is 1.60. The average Bonchev–Trinajstić information content (AvgIpc) is 2.89. The van der Waals surface area contributed by atoms with Gasteiger partial charge in [0.1, 0.15) is 11.3 Å². The first-order chi connectivity index (χ1) is 10.2. The highest BCUT2D eigenvalue weighted by molar-refractivity contribution is 5.94. The van der Waals surface area contributed by atoms with Gasteiger partial charge in [-0.15, -0.1) is 0 Å². The van der Waals surface area contributed by atoms with Gasteiger partial charge < -0.3 is 14.8 Å². The summed E-state index contributed by atoms with van der Waals surface area (Å²) in [6.45, 7) is 0.437. The minimum atomic E-state index is -0.121. The van der Waals surface area contributed by atoms with E-state index in [1.54, 1.807) is 24.3 Å². The third-order valence-electron chi connectivity index (χ3n) is 3.08. The molecule has 3 aromatic rings. The molecule has 0 aliphatic rings. The predicted molar refractivity (Wildman–Crippen MR) is 78.2 cm³/mol. The number of aromatic hydroxyl groups is 1. The van der Waals surface area contributed by atoms with Crippen LogP contribution >= 0.6 is 0 Å². The van der Waals surface area contributed by atoms with E-state index in [1.165, 1.54) is 6.07 Å². The largest absolute Gasteiger partial charge is 0.508 e. The smallest absolute Gasteiger partial charge is 0.251 e. The van der Waals surface area contributed by atoms with E-state index < -0.39 is 0 Å². The van der Waals surface area contributed by atoms with Crippen LogP contribution in [0.1, 0.15) is 16.2 Å². The summed E-state index contributed by atoms with van der Waals surface area (Å²) in [5.74, 6) is 0.552. The van der Waals surface area contributed by atoms with E-state index in [-0.39, 0.29) is 11.7 Å². The minimum Gasteiger partial charge on any atom is -0.508 e. The Morgan fingerprint density at radius 2 is 2.00 bits per heavy atom. The third-order valence-corrected chi connectivity index (χ3v) is 3.08. The molecular weight excluding hydrogens is 268 g/mol. The minimum absolute atomic E-state index is 0.121. The summed E-state index contributed by atoms with van der Waals surface area (Å²) in [6, 6.07) is 13.8. The molecule has 0 saturated carbocycles. The van der Waals surface area contributed by atoms with Crippen molar-refractivity contribution in [1.82, 2.24) is 10.3 Å². The van der Waals surface area contributed by atoms with E-state index in [9.17, 15) is 9.90 Å². The van der Waals surface area contributed by atoms with Crippen LogP contribution in [-0.2, 0) is 6.42 Å². The van der Waals surface area contributed by atoms with Crippen LogP contribution < -0.4 is 5.32 Å². The quantitative estimate of drug-likeness (QED) is 0.771. The summed E-state index contributed by atoms with van der Waals surface area (Å²) in [5.41, 5.74) is 1.86. The van der Waals surface area contributed by atoms with Gasteiger partial charge in [-0.3, -0.25) is 4.79 Å². The number of oxazole rings is 1. The van der Waals surface area contributed by atoms with Crippen LogP contribution in [0.2, 0.25) is 0 Å². The van der Waals surface area contributed by atoms with Crippen molar-refractivity contribution < 1.29 is 14.3 Å². The molecule has 1 amide bonds. The van der Waals surface area contributed by atoms with Crippen molar-refractivity contribution in [2.45, 2.75) is 6.42 Å². The lowest BCUT2D eigenvalue weighted by atomic mass is 10.2. The first kappa shape index (κ1) is 13.2. The molecule has 2 N–H and O–H groups in total. The number of carbonyl (C=O) groups excluding carboxylic acids is 1. The third kappa shape index (κ3) is 3.02. The number of rotatable bonds is 4. The maximum absolute atomic E-state index is 11.9. The number of phenolic OH excluding ortho intramolecular Hbond substituents is 1. The van der Waals surface area contributed by atoms with Crippen LogP contribution in [-0.4, -0.2) is 22.5 Å². The van der Waals surface area contributed by atoms with E-state index in [0.717, 1.165) is 0 Å². The van der Waals surface area contributed by atoms with E-state index in [1.807, 2.05) is 18.2 Å². The van der Waals surface area contributed by atoms with Gasteiger partial charge in [0.2, 0.25) is 0 Å². The number of aromatic nitrogens is 1. The number of phenols is 1. The SMILES string of the molecule is O=C(NCCc1nc2ccc(O)cc2o1)c1ccccc1. The predicted octanol–water partition coefficient (Wildman–Crippen LogP) is 2.51. The van der Waals surface area contributed by atoms with Gasteiger partial charge in [-0.25, -0.2) is 4.98 Å². The highest BCUT2D eigenvalue weighted by Gasteiger charge is 2.08. The number of amides is 1. The number of carbonyl (C=O) groups is 1. The number of hydrogen-bond donors (Lipinski definition) is 2. The molecule has 2 aromatic carbocycles. The Hall–Kier alpha value is -2.82. The molecule has 0 bridgehead atoms. The molecule has 0 unspecified atom stereocenters. The molecule has 5 nitrogen and oxygen atoms in total. The van der Waals surface area contributed by atoms with Crippen LogP contribution in [0.3, 0.4) is 0 Å². The van der Waals surface area contributed by atoms with Crippen LogP contribution in [0.15, 0.2) is 52.9 Å². The van der Waals surface area contributed by atoms with Crippen molar-refractivity contribution in [2.75, 3.05) is 6.54 Å². The standard InChI is InChI=1S/C16H14N2O3/c19-12-6-7-13-14(10-12)21-15(18-13)8-9-17-16(20)11-4-2-1-3-5-11/h1-7,10,19H,8-9H2,(H,17,20). The average molecular weight is 282 g/mol. The summed E-state index contributed by atoms with van der Waals surface area (Å²) in [5, 5.41) is 12.2. The molecule has 5 heteroatoms. The van der Waals surface area contributed by atoms with E-state index in [2.05, 4.69) is 10.3 Å². The fraction of sp³-hybridized carbons (Fsp3) is 0.125. The molecule has 0 spiro atoms. The van der Waals surface area contributed by atoms with E-state index in [4.69, 9.17) is 4.42 Å². The van der Waals surface area contributed by atoms with Crippen LogP contribution in [0.4, 0.5) is 0 Å². The second kappa shape index (κ2) is 5.66. The highest BCUT2D eigenvalue weighted by Crippen LogP contribution is 2.20. The lowest BCUT2D eigenvalue weighted by Crippen LogP contribution is -2.25. The van der Waals surface area contributed by atoms with Crippen molar-refractivity contribution in [3.05, 3.63) is 60.0 Å². The molecule has 0 atom stereocenters. The van der Waals surface area contributed by atoms with Crippen molar-refractivity contribution in [1.29, 1.82) is 0 Å². The van der Waals surface area contributed by atoms with Crippen LogP contribution in [0.5, 0.6) is 5.75 Å². The Morgan fingerprint density at radius 3 is 2.81 bits per heavy atom. The first-order valence-electron chi connectivity index (χ1n) is 6.64. The van der Waals surface area contributed by atoms with Gasteiger partial charge in [0.25, 0.3) is 5.91 Å². The maximum Gasteiger partial charge on any atom is 0.251 e. The van der Waals surface area contributed by atoms with Crippen LogP contribution in [0, 0.1) is 0 Å². The molecular formula is C16H14N2O3. The summed E-state index contributed by atoms with van der Waals surface area (Å²) < 4.78 is 5.51. The fourth-order valence-electron chi connectivity index (χ4n) is 2.04. The Labute approximate surface area is 121 Å². The molecule has 0 fully saturated rings. The second-order valence-electron chi connectivity index (χ2n) is 4.63. The van der Waals surface area contributed by atoms with Gasteiger partial charge >= 0.3 is 0 Å². The summed E-state index contributed by atoms with van der Waals surface area (Å²) in [6.07, 6.45) is 0.494. The number of benzene rings is 2. The van der Waals surface area contributed by atoms with Gasteiger partial charge in [0.15, 0.2) is 11.5 Å². The van der Waals surface area contributed by atoms with Crippen molar-refractivity contribution in [2.24, 2.45) is 0 Å². The molecule has 0 saturated heterocycles. The Bertz CT molecular complexity index is 766. The molecule has 1 aromatic heterocycles. The van der Waals surface area contributed by atoms with Crippen molar-refractivity contribution in [3.8, 4) is 5.75 Å². The van der Waals surface area contributed by atoms with Gasteiger partial charge in [-0.2, -0.15) is 0 Å². The van der Waals surface area contributed by atoms with E-state index >= 15 is 0 Å². The Morgan fingerprint density at radius 1 is 1.19 bits per heavy atom. The Kier molecular flexibility index (Phi) is 3.55. The first-order valence-corrected chi connectivity index (χ1v) is 6.64. The molecule has 3 rings (SSSR count). The normalized spacial score (nSPS) is 10.7. The zero-order valence-corrected chi connectivity index (χ0v) is 11.2. The van der Waals surface area contributed by atoms with Crippen LogP contribution in [0.25, 0.3) is 11.1 Å². The summed E-state index contributed by atoms with van der Waals surface area (Å²) in [4.78, 5) is 16.2. The van der Waals surface area contributed by atoms with Gasteiger partial charge in [-0.05, 0) is 24.3 Å². The number of fused-ring (bicyclic) bond motifs is 1. The van der Waals surface area contributed by atoms with Gasteiger partial charge in [0, 0.05) is 24.6 Å². The summed E-state index contributed by atoms with van der Waals surface area (Å²) in [7, 11) is 0. The molecule has 106 valence electrons.